The zero-order valence-corrected chi connectivity index (χ0v) is 15.8. The number of nitrogens with one attached hydrogen (secondary N) is 1. The summed E-state index contributed by atoms with van der Waals surface area (Å²) in [5.74, 6) is 0.213. The van der Waals surface area contributed by atoms with Crippen molar-refractivity contribution in [2.45, 2.75) is 33.1 Å². The van der Waals surface area contributed by atoms with Crippen LogP contribution in [0.1, 0.15) is 33.1 Å². The fraction of sp³-hybridized carbons (Fsp3) is 0.526. The number of aromatic nitrogens is 2. The molecule has 1 fully saturated rings. The highest BCUT2D eigenvalue weighted by molar-refractivity contribution is 5.98. The third-order valence-electron chi connectivity index (χ3n) is 4.92. The lowest BCUT2D eigenvalue weighted by atomic mass is 10.1. The Kier molecular flexibility index (Phi) is 4.89. The zero-order valence-electron chi connectivity index (χ0n) is 15.8. The van der Waals surface area contributed by atoms with Gasteiger partial charge in [0.05, 0.1) is 22.4 Å². The summed E-state index contributed by atoms with van der Waals surface area (Å²) in [6.07, 6.45) is 2.64. The predicted molar refractivity (Wildman–Crippen MR) is 104 cm³/mol. The highest BCUT2D eigenvalue weighted by atomic mass is 16.2. The van der Waals surface area contributed by atoms with Gasteiger partial charge in [0.25, 0.3) is 0 Å². The van der Waals surface area contributed by atoms with Crippen LogP contribution in [0.3, 0.4) is 0 Å². The van der Waals surface area contributed by atoms with Gasteiger partial charge in [0.1, 0.15) is 0 Å². The number of nitrogens with zero attached hydrogens (tertiary/aromatic N) is 3. The second kappa shape index (κ2) is 6.97. The van der Waals surface area contributed by atoms with Gasteiger partial charge >= 0.3 is 11.1 Å². The molecule has 0 radical (unpaired) electrons. The van der Waals surface area contributed by atoms with Crippen LogP contribution in [0.2, 0.25) is 0 Å². The fourth-order valence-corrected chi connectivity index (χ4v) is 3.50. The smallest absolute Gasteiger partial charge is 0.316 e. The molecule has 0 saturated carbocycles. The topological polar surface area (TPSA) is 76.3 Å². The highest BCUT2D eigenvalue weighted by Crippen LogP contribution is 2.33. The molecule has 2 heterocycles. The Morgan fingerprint density at radius 2 is 1.58 bits per heavy atom. The van der Waals surface area contributed by atoms with Crippen molar-refractivity contribution in [3.05, 3.63) is 32.8 Å². The van der Waals surface area contributed by atoms with E-state index in [4.69, 9.17) is 0 Å². The minimum absolute atomic E-state index is 0.0467. The van der Waals surface area contributed by atoms with Gasteiger partial charge in [0.15, 0.2) is 0 Å². The number of amides is 1. The van der Waals surface area contributed by atoms with E-state index >= 15 is 0 Å². The van der Waals surface area contributed by atoms with E-state index in [0.717, 1.165) is 31.6 Å². The number of carbonyl (C=O) groups is 1. The van der Waals surface area contributed by atoms with E-state index in [0.29, 0.717) is 23.1 Å². The highest BCUT2D eigenvalue weighted by Gasteiger charge is 2.20. The van der Waals surface area contributed by atoms with Gasteiger partial charge in [-0.05, 0) is 30.9 Å². The molecule has 1 aromatic carbocycles. The summed E-state index contributed by atoms with van der Waals surface area (Å²) in [5.41, 5.74) is 1.78. The van der Waals surface area contributed by atoms with Gasteiger partial charge in [-0.25, -0.2) is 0 Å². The molecule has 3 rings (SSSR count). The van der Waals surface area contributed by atoms with Crippen LogP contribution in [0, 0.1) is 5.92 Å². The van der Waals surface area contributed by atoms with Crippen molar-refractivity contribution in [1.29, 1.82) is 0 Å². The van der Waals surface area contributed by atoms with Crippen LogP contribution in [0.25, 0.3) is 11.0 Å². The third-order valence-corrected chi connectivity index (χ3v) is 4.92. The second-order valence-corrected chi connectivity index (χ2v) is 7.43. The Bertz CT molecular complexity index is 965. The lowest BCUT2D eigenvalue weighted by Crippen LogP contribution is -2.39. The second-order valence-electron chi connectivity index (χ2n) is 7.43. The summed E-state index contributed by atoms with van der Waals surface area (Å²) >= 11 is 0. The molecule has 26 heavy (non-hydrogen) atoms. The maximum absolute atomic E-state index is 12.3. The van der Waals surface area contributed by atoms with Crippen LogP contribution < -0.4 is 21.3 Å². The first-order valence-corrected chi connectivity index (χ1v) is 9.08. The van der Waals surface area contributed by atoms with E-state index in [9.17, 15) is 14.4 Å². The van der Waals surface area contributed by atoms with E-state index in [1.165, 1.54) is 9.13 Å². The van der Waals surface area contributed by atoms with Gasteiger partial charge in [-0.1, -0.05) is 13.8 Å². The SMILES string of the molecule is CC(C)CC(=O)Nc1cc2c(cc1N1CCCC1)n(C)c(=O)c(=O)n2C. The Morgan fingerprint density at radius 1 is 1.04 bits per heavy atom. The maximum Gasteiger partial charge on any atom is 0.316 e. The molecule has 0 atom stereocenters. The lowest BCUT2D eigenvalue weighted by molar-refractivity contribution is -0.116. The molecule has 1 N–H and O–H groups in total. The molecule has 1 amide bonds. The van der Waals surface area contributed by atoms with Gasteiger partial charge in [-0.3, -0.25) is 14.4 Å². The van der Waals surface area contributed by atoms with Crippen LogP contribution in [0.5, 0.6) is 0 Å². The van der Waals surface area contributed by atoms with E-state index in [2.05, 4.69) is 10.2 Å². The number of anilines is 2. The Labute approximate surface area is 152 Å². The first-order valence-electron chi connectivity index (χ1n) is 9.08. The first kappa shape index (κ1) is 18.2. The lowest BCUT2D eigenvalue weighted by Gasteiger charge is -2.23. The van der Waals surface area contributed by atoms with E-state index in [-0.39, 0.29) is 11.8 Å². The Morgan fingerprint density at radius 3 is 2.12 bits per heavy atom. The van der Waals surface area contributed by atoms with Gasteiger partial charge in [-0.2, -0.15) is 0 Å². The molecule has 7 nitrogen and oxygen atoms in total. The molecule has 1 saturated heterocycles. The van der Waals surface area contributed by atoms with Crippen molar-refractivity contribution in [1.82, 2.24) is 9.13 Å². The van der Waals surface area contributed by atoms with Crippen LogP contribution in [0.15, 0.2) is 21.7 Å². The van der Waals surface area contributed by atoms with Crippen LogP contribution >= 0.6 is 0 Å². The largest absolute Gasteiger partial charge is 0.370 e. The minimum atomic E-state index is -0.576. The molecule has 1 aliphatic heterocycles. The molecule has 1 aliphatic rings. The molecule has 1 aromatic heterocycles. The maximum atomic E-state index is 12.3. The number of carbonyl (C=O) groups excluding carboxylic acids is 1. The average molecular weight is 358 g/mol. The van der Waals surface area contributed by atoms with Crippen molar-refractivity contribution >= 4 is 28.3 Å². The molecular formula is C19H26N4O3. The summed E-state index contributed by atoms with van der Waals surface area (Å²) in [6, 6.07) is 3.72. The summed E-state index contributed by atoms with van der Waals surface area (Å²) in [6.45, 7) is 5.83. The molecule has 7 heteroatoms. The number of fused-ring (bicyclic) bond motifs is 1. The summed E-state index contributed by atoms with van der Waals surface area (Å²) in [7, 11) is 3.19. The monoisotopic (exact) mass is 358 g/mol. The van der Waals surface area contributed by atoms with Crippen molar-refractivity contribution in [3.8, 4) is 0 Å². The van der Waals surface area contributed by atoms with Crippen molar-refractivity contribution in [2.75, 3.05) is 23.3 Å². The summed E-state index contributed by atoms with van der Waals surface area (Å²) < 4.78 is 2.74. The molecule has 2 aromatic rings. The van der Waals surface area contributed by atoms with Gasteiger partial charge in [0.2, 0.25) is 5.91 Å². The van der Waals surface area contributed by atoms with E-state index in [1.54, 1.807) is 14.1 Å². The van der Waals surface area contributed by atoms with Gasteiger partial charge in [0, 0.05) is 33.6 Å². The first-order chi connectivity index (χ1) is 12.3. The van der Waals surface area contributed by atoms with Crippen molar-refractivity contribution in [2.24, 2.45) is 20.0 Å². The molecule has 0 bridgehead atoms. The third kappa shape index (κ3) is 3.25. The van der Waals surface area contributed by atoms with Crippen LogP contribution in [-0.2, 0) is 18.9 Å². The normalized spacial score (nSPS) is 14.4. The van der Waals surface area contributed by atoms with E-state index in [1.807, 2.05) is 26.0 Å². The Hall–Kier alpha value is -2.57. The number of hydrogen-bond acceptors (Lipinski definition) is 4. The number of aryl methyl sites for hydroxylation is 2. The standard InChI is InChI=1S/C19H26N4O3/c1-12(2)9-17(24)20-13-10-15-16(11-14(13)23-7-5-6-8-23)22(4)19(26)18(25)21(15)3/h10-12H,5-9H2,1-4H3,(H,20,24). The summed E-state index contributed by atoms with van der Waals surface area (Å²) in [5, 5.41) is 3.01. The number of rotatable bonds is 4. The summed E-state index contributed by atoms with van der Waals surface area (Å²) in [4.78, 5) is 38.9. The number of hydrogen-bond donors (Lipinski definition) is 1. The zero-order chi connectivity index (χ0) is 19.0. The molecule has 0 aliphatic carbocycles. The van der Waals surface area contributed by atoms with Gasteiger partial charge < -0.3 is 19.4 Å². The van der Waals surface area contributed by atoms with Crippen molar-refractivity contribution < 1.29 is 4.79 Å². The predicted octanol–water partition coefficient (Wildman–Crippen LogP) is 1.82. The molecule has 0 unspecified atom stereocenters. The number of benzene rings is 1. The van der Waals surface area contributed by atoms with Gasteiger partial charge in [-0.15, -0.1) is 0 Å². The quantitative estimate of drug-likeness (QED) is 0.846. The van der Waals surface area contributed by atoms with Crippen molar-refractivity contribution in [3.63, 3.8) is 0 Å². The fourth-order valence-electron chi connectivity index (χ4n) is 3.50. The average Bonchev–Trinajstić information content (AvgIpc) is 3.11. The molecule has 140 valence electrons. The molecular weight excluding hydrogens is 332 g/mol. The molecule has 0 spiro atoms. The minimum Gasteiger partial charge on any atom is -0.370 e. The van der Waals surface area contributed by atoms with Crippen LogP contribution in [-0.4, -0.2) is 28.1 Å². The Balaban J connectivity index is 2.20. The van der Waals surface area contributed by atoms with Crippen LogP contribution in [0.4, 0.5) is 11.4 Å². The van der Waals surface area contributed by atoms with E-state index < -0.39 is 11.1 Å².